The summed E-state index contributed by atoms with van der Waals surface area (Å²) in [6, 6.07) is 0. The zero-order valence-corrected chi connectivity index (χ0v) is 13.5. The number of hydrogen-bond donors (Lipinski definition) is 1. The fourth-order valence-corrected chi connectivity index (χ4v) is 3.40. The molecule has 2 rings (SSSR count). The molecule has 0 bridgehead atoms. The molecular weight excluding hydrogens is 317 g/mol. The van der Waals surface area contributed by atoms with Gasteiger partial charge in [0.25, 0.3) is 5.91 Å². The molecule has 1 amide bonds. The topological polar surface area (TPSA) is 53.4 Å². The maximum Gasteiger partial charge on any atom is 0.417 e. The van der Waals surface area contributed by atoms with Gasteiger partial charge < -0.3 is 10.0 Å². The van der Waals surface area contributed by atoms with E-state index in [2.05, 4.69) is 4.98 Å². The normalized spacial score (nSPS) is 19.3. The molecule has 1 aliphatic heterocycles. The van der Waals surface area contributed by atoms with Crippen LogP contribution in [0.4, 0.5) is 13.2 Å². The van der Waals surface area contributed by atoms with E-state index in [4.69, 9.17) is 0 Å². The first kappa shape index (κ1) is 17.2. The third-order valence-corrected chi connectivity index (χ3v) is 4.69. The summed E-state index contributed by atoms with van der Waals surface area (Å²) < 4.78 is 38.4. The Morgan fingerprint density at radius 3 is 2.32 bits per heavy atom. The van der Waals surface area contributed by atoms with Gasteiger partial charge >= 0.3 is 6.18 Å². The summed E-state index contributed by atoms with van der Waals surface area (Å²) in [5.41, 5.74) is -0.777. The number of halogens is 3. The molecule has 1 saturated heterocycles. The number of rotatable bonds is 1. The van der Waals surface area contributed by atoms with Gasteiger partial charge in [-0.1, -0.05) is 20.8 Å². The van der Waals surface area contributed by atoms with Crippen LogP contribution in [0.15, 0.2) is 5.51 Å². The van der Waals surface area contributed by atoms with Gasteiger partial charge in [0.2, 0.25) is 0 Å². The Balaban J connectivity index is 2.13. The van der Waals surface area contributed by atoms with Gasteiger partial charge in [0.15, 0.2) is 5.60 Å². The molecule has 0 saturated carbocycles. The Kier molecular flexibility index (Phi) is 4.29. The van der Waals surface area contributed by atoms with E-state index in [0.29, 0.717) is 10.6 Å². The fourth-order valence-electron chi connectivity index (χ4n) is 2.44. The number of carbonyl (C=O) groups is 1. The van der Waals surface area contributed by atoms with Crippen molar-refractivity contribution in [3.8, 4) is 0 Å². The molecule has 1 aromatic heterocycles. The predicted octanol–water partition coefficient (Wildman–Crippen LogP) is 2.97. The number of hydrogen-bond acceptors (Lipinski definition) is 4. The molecule has 0 spiro atoms. The third-order valence-electron chi connectivity index (χ3n) is 3.88. The summed E-state index contributed by atoms with van der Waals surface area (Å²) in [7, 11) is 0. The lowest BCUT2D eigenvalue weighted by atomic mass is 9.89. The van der Waals surface area contributed by atoms with Gasteiger partial charge in [-0.15, -0.1) is 11.3 Å². The van der Waals surface area contributed by atoms with Gasteiger partial charge in [0.1, 0.15) is 4.88 Å². The molecule has 2 heterocycles. The second-order valence-corrected chi connectivity index (χ2v) is 7.46. The molecule has 0 atom stereocenters. The average molecular weight is 336 g/mol. The average Bonchev–Trinajstić information content (AvgIpc) is 2.86. The monoisotopic (exact) mass is 336 g/mol. The van der Waals surface area contributed by atoms with E-state index in [-0.39, 0.29) is 24.4 Å². The predicted molar refractivity (Wildman–Crippen MR) is 77.0 cm³/mol. The van der Waals surface area contributed by atoms with Crippen molar-refractivity contribution in [3.05, 3.63) is 16.1 Å². The van der Waals surface area contributed by atoms with E-state index in [0.717, 1.165) is 0 Å². The largest absolute Gasteiger partial charge is 0.417 e. The van der Waals surface area contributed by atoms with Crippen molar-refractivity contribution in [2.45, 2.75) is 50.8 Å². The summed E-state index contributed by atoms with van der Waals surface area (Å²) in [5, 5.41) is 9.65. The minimum Gasteiger partial charge on any atom is -0.380 e. The first-order valence-electron chi connectivity index (χ1n) is 6.98. The highest BCUT2D eigenvalue weighted by Crippen LogP contribution is 2.39. The number of nitrogens with zero attached hydrogens (tertiary/aromatic N) is 2. The first-order chi connectivity index (χ1) is 9.96. The van der Waals surface area contributed by atoms with E-state index >= 15 is 0 Å². The maximum absolute atomic E-state index is 12.8. The second-order valence-electron chi connectivity index (χ2n) is 6.60. The summed E-state index contributed by atoms with van der Waals surface area (Å²) in [6.07, 6.45) is -5.65. The van der Waals surface area contributed by atoms with Crippen LogP contribution in [0.3, 0.4) is 0 Å². The van der Waals surface area contributed by atoms with Crippen LogP contribution in [0.2, 0.25) is 0 Å². The number of aliphatic hydroxyl groups is 1. The summed E-state index contributed by atoms with van der Waals surface area (Å²) >= 11 is 1.20. The molecule has 0 unspecified atom stereocenters. The second kappa shape index (κ2) is 5.49. The van der Waals surface area contributed by atoms with Gasteiger partial charge in [-0.3, -0.25) is 4.79 Å². The molecule has 1 N–H and O–H groups in total. The van der Waals surface area contributed by atoms with Crippen LogP contribution < -0.4 is 0 Å². The maximum atomic E-state index is 12.8. The standard InChI is InChI=1S/C14H19F3N2O2S/c1-12(2,3)10-9(22-8-18-10)11(20)19-6-4-13(21,5-7-19)14(15,16)17/h8,21H,4-7H2,1-3H3. The lowest BCUT2D eigenvalue weighted by Crippen LogP contribution is -2.54. The van der Waals surface area contributed by atoms with Crippen LogP contribution in [0.25, 0.3) is 0 Å². The summed E-state index contributed by atoms with van der Waals surface area (Å²) in [4.78, 5) is 18.6. The Morgan fingerprint density at radius 2 is 1.86 bits per heavy atom. The van der Waals surface area contributed by atoms with Gasteiger partial charge in [0, 0.05) is 31.3 Å². The quantitative estimate of drug-likeness (QED) is 0.858. The van der Waals surface area contributed by atoms with Gasteiger partial charge in [-0.25, -0.2) is 4.98 Å². The summed E-state index contributed by atoms with van der Waals surface area (Å²) in [6.45, 7) is 5.55. The number of likely N-dealkylation sites (tertiary alicyclic amines) is 1. The smallest absolute Gasteiger partial charge is 0.380 e. The molecule has 0 radical (unpaired) electrons. The number of carbonyl (C=O) groups excluding carboxylic acids is 1. The zero-order chi connectivity index (χ0) is 16.8. The van der Waals surface area contributed by atoms with Crippen LogP contribution in [-0.4, -0.2) is 45.8 Å². The minimum atomic E-state index is -4.66. The fraction of sp³-hybridized carbons (Fsp3) is 0.714. The molecule has 1 aliphatic rings. The molecule has 8 heteroatoms. The van der Waals surface area contributed by atoms with E-state index in [9.17, 15) is 23.1 Å². The Hall–Kier alpha value is -1.15. The number of thiazole rings is 1. The molecule has 1 aromatic rings. The van der Waals surface area contributed by atoms with Crippen molar-refractivity contribution < 1.29 is 23.1 Å². The summed E-state index contributed by atoms with van der Waals surface area (Å²) in [5.74, 6) is -0.309. The van der Waals surface area contributed by atoms with E-state index in [1.54, 1.807) is 5.51 Å². The van der Waals surface area contributed by atoms with Crippen LogP contribution in [-0.2, 0) is 5.41 Å². The van der Waals surface area contributed by atoms with E-state index in [1.165, 1.54) is 16.2 Å². The van der Waals surface area contributed by atoms with Gasteiger partial charge in [-0.2, -0.15) is 13.2 Å². The van der Waals surface area contributed by atoms with Gasteiger partial charge in [0.05, 0.1) is 11.2 Å². The number of piperidine rings is 1. The lowest BCUT2D eigenvalue weighted by Gasteiger charge is -2.39. The van der Waals surface area contributed by atoms with Crippen molar-refractivity contribution in [1.29, 1.82) is 0 Å². The lowest BCUT2D eigenvalue weighted by molar-refractivity contribution is -0.271. The highest BCUT2D eigenvalue weighted by Gasteiger charge is 2.55. The van der Waals surface area contributed by atoms with Crippen LogP contribution in [0.1, 0.15) is 49.0 Å². The van der Waals surface area contributed by atoms with E-state index in [1.807, 2.05) is 20.8 Å². The third kappa shape index (κ3) is 3.12. The molecule has 1 fully saturated rings. The number of aromatic nitrogens is 1. The number of amides is 1. The SMILES string of the molecule is CC(C)(C)c1ncsc1C(=O)N1CCC(O)(C(F)(F)F)CC1. The van der Waals surface area contributed by atoms with Crippen molar-refractivity contribution >= 4 is 17.2 Å². The van der Waals surface area contributed by atoms with Crippen molar-refractivity contribution in [1.82, 2.24) is 9.88 Å². The zero-order valence-electron chi connectivity index (χ0n) is 12.7. The minimum absolute atomic E-state index is 0.115. The Morgan fingerprint density at radius 1 is 1.32 bits per heavy atom. The van der Waals surface area contributed by atoms with Crippen LogP contribution in [0, 0.1) is 0 Å². The van der Waals surface area contributed by atoms with Crippen LogP contribution in [0.5, 0.6) is 0 Å². The molecular formula is C14H19F3N2O2S. The van der Waals surface area contributed by atoms with Crippen molar-refractivity contribution in [3.63, 3.8) is 0 Å². The van der Waals surface area contributed by atoms with E-state index < -0.39 is 24.6 Å². The molecule has 0 aromatic carbocycles. The highest BCUT2D eigenvalue weighted by atomic mass is 32.1. The molecule has 4 nitrogen and oxygen atoms in total. The Labute approximate surface area is 131 Å². The van der Waals surface area contributed by atoms with Gasteiger partial charge in [-0.05, 0) is 0 Å². The van der Waals surface area contributed by atoms with Crippen LogP contribution >= 0.6 is 11.3 Å². The molecule has 124 valence electrons. The molecule has 0 aliphatic carbocycles. The highest BCUT2D eigenvalue weighted by molar-refractivity contribution is 7.11. The molecule has 22 heavy (non-hydrogen) atoms. The first-order valence-corrected chi connectivity index (χ1v) is 7.86. The van der Waals surface area contributed by atoms with Crippen molar-refractivity contribution in [2.24, 2.45) is 0 Å². The Bertz CT molecular complexity index is 555. The number of alkyl halides is 3. The van der Waals surface area contributed by atoms with Crippen molar-refractivity contribution in [2.75, 3.05) is 13.1 Å².